The van der Waals surface area contributed by atoms with Crippen LogP contribution in [-0.2, 0) is 17.7 Å². The predicted octanol–water partition coefficient (Wildman–Crippen LogP) is 3.62. The topological polar surface area (TPSA) is 69.0 Å². The molecule has 0 saturated heterocycles. The van der Waals surface area contributed by atoms with Gasteiger partial charge < -0.3 is 10.1 Å². The molecule has 1 aliphatic carbocycles. The van der Waals surface area contributed by atoms with Crippen molar-refractivity contribution in [2.75, 3.05) is 0 Å². The summed E-state index contributed by atoms with van der Waals surface area (Å²) in [7, 11) is 0. The summed E-state index contributed by atoms with van der Waals surface area (Å²) in [6.07, 6.45) is 10.4. The molecule has 1 aromatic carbocycles. The zero-order valence-corrected chi connectivity index (χ0v) is 16.0. The Kier molecular flexibility index (Phi) is 5.74. The normalized spacial score (nSPS) is 15.1. The first-order chi connectivity index (χ1) is 12.9. The largest absolute Gasteiger partial charge is 0.444 e. The van der Waals surface area contributed by atoms with E-state index >= 15 is 0 Å². The number of allylic oxidation sites excluding steroid dienone is 4. The van der Waals surface area contributed by atoms with E-state index in [2.05, 4.69) is 27.8 Å². The van der Waals surface area contributed by atoms with Crippen LogP contribution in [0.2, 0.25) is 0 Å². The molecule has 3 rings (SSSR count). The van der Waals surface area contributed by atoms with Gasteiger partial charge in [-0.1, -0.05) is 59.8 Å². The van der Waals surface area contributed by atoms with Gasteiger partial charge in [0.15, 0.2) is 0 Å². The van der Waals surface area contributed by atoms with Gasteiger partial charge in [-0.15, -0.1) is 5.10 Å². The zero-order chi connectivity index (χ0) is 19.3. The summed E-state index contributed by atoms with van der Waals surface area (Å²) in [5, 5.41) is 11.5. The quantitative estimate of drug-likeness (QED) is 0.848. The van der Waals surface area contributed by atoms with Crippen molar-refractivity contribution in [3.63, 3.8) is 0 Å². The van der Waals surface area contributed by atoms with Crippen molar-refractivity contribution >= 4 is 6.09 Å². The third-order valence-corrected chi connectivity index (χ3v) is 4.10. The molecule has 0 radical (unpaired) electrons. The van der Waals surface area contributed by atoms with Gasteiger partial charge in [-0.3, -0.25) is 4.68 Å². The Bertz CT molecular complexity index is 806. The lowest BCUT2D eigenvalue weighted by Crippen LogP contribution is -2.42. The Labute approximate surface area is 159 Å². The third-order valence-electron chi connectivity index (χ3n) is 4.10. The summed E-state index contributed by atoms with van der Waals surface area (Å²) >= 11 is 0. The fourth-order valence-corrected chi connectivity index (χ4v) is 2.94. The molecule has 27 heavy (non-hydrogen) atoms. The highest BCUT2D eigenvalue weighted by Gasteiger charge is 2.21. The number of nitrogens with one attached hydrogen (secondary N) is 1. The Morgan fingerprint density at radius 1 is 1.22 bits per heavy atom. The molecule has 1 N–H and O–H groups in total. The molecule has 0 fully saturated rings. The van der Waals surface area contributed by atoms with Crippen LogP contribution in [0.3, 0.4) is 0 Å². The maximum atomic E-state index is 12.3. The van der Waals surface area contributed by atoms with Crippen LogP contribution in [-0.4, -0.2) is 32.7 Å². The first kappa shape index (κ1) is 18.9. The van der Waals surface area contributed by atoms with Crippen LogP contribution in [0, 0.1) is 0 Å². The molecule has 1 aliphatic rings. The summed E-state index contributed by atoms with van der Waals surface area (Å²) in [4.78, 5) is 12.3. The summed E-state index contributed by atoms with van der Waals surface area (Å²) < 4.78 is 7.19. The molecule has 1 heterocycles. The molecule has 142 valence electrons. The minimum absolute atomic E-state index is 0.161. The molecule has 1 amide bonds. The number of ether oxygens (including phenoxy) is 1. The highest BCUT2D eigenvalue weighted by atomic mass is 16.6. The molecule has 6 nitrogen and oxygen atoms in total. The first-order valence-corrected chi connectivity index (χ1v) is 9.17. The monoisotopic (exact) mass is 366 g/mol. The number of rotatable bonds is 6. The van der Waals surface area contributed by atoms with Gasteiger partial charge in [-0.25, -0.2) is 4.79 Å². The van der Waals surface area contributed by atoms with Crippen molar-refractivity contribution in [3.8, 4) is 0 Å². The second-order valence-corrected chi connectivity index (χ2v) is 7.69. The number of carbonyl (C=O) groups excluding carboxylic acids is 1. The maximum Gasteiger partial charge on any atom is 0.407 e. The van der Waals surface area contributed by atoms with Gasteiger partial charge in [-0.05, 0) is 32.8 Å². The van der Waals surface area contributed by atoms with E-state index in [1.165, 1.54) is 0 Å². The van der Waals surface area contributed by atoms with E-state index in [1.54, 1.807) is 4.68 Å². The number of hydrogen-bond donors (Lipinski definition) is 1. The van der Waals surface area contributed by atoms with E-state index in [-0.39, 0.29) is 12.0 Å². The Balaban J connectivity index is 1.70. The van der Waals surface area contributed by atoms with Crippen LogP contribution < -0.4 is 5.32 Å². The third kappa shape index (κ3) is 5.81. The number of aromatic nitrogens is 3. The van der Waals surface area contributed by atoms with Gasteiger partial charge in [0.2, 0.25) is 0 Å². The number of carbonyl (C=O) groups is 1. The van der Waals surface area contributed by atoms with Gasteiger partial charge in [-0.2, -0.15) is 0 Å². The molecule has 0 bridgehead atoms. The minimum Gasteiger partial charge on any atom is -0.444 e. The van der Waals surface area contributed by atoms with Crippen LogP contribution in [0.15, 0.2) is 60.8 Å². The molecule has 1 atom stereocenters. The van der Waals surface area contributed by atoms with E-state index in [0.717, 1.165) is 11.3 Å². The van der Waals surface area contributed by atoms with Crippen molar-refractivity contribution in [2.24, 2.45) is 0 Å². The molecule has 0 unspecified atom stereocenters. The average molecular weight is 366 g/mol. The highest BCUT2D eigenvalue weighted by Crippen LogP contribution is 2.20. The molecule has 0 aliphatic heterocycles. The maximum absolute atomic E-state index is 12.3. The second kappa shape index (κ2) is 8.20. The number of nitrogens with zero attached hydrogens (tertiary/aromatic N) is 3. The van der Waals surface area contributed by atoms with Gasteiger partial charge in [0.25, 0.3) is 0 Å². The number of alkyl carbamates (subject to hydrolysis) is 1. The number of benzene rings is 1. The van der Waals surface area contributed by atoms with Crippen LogP contribution in [0.5, 0.6) is 0 Å². The van der Waals surface area contributed by atoms with Crippen LogP contribution in [0.4, 0.5) is 4.79 Å². The molecule has 0 spiro atoms. The lowest BCUT2D eigenvalue weighted by Gasteiger charge is -2.23. The smallest absolute Gasteiger partial charge is 0.407 e. The number of hydrogen-bond acceptors (Lipinski definition) is 4. The van der Waals surface area contributed by atoms with Crippen LogP contribution in [0.1, 0.15) is 37.9 Å². The van der Waals surface area contributed by atoms with E-state index in [0.29, 0.717) is 13.0 Å². The van der Waals surface area contributed by atoms with Gasteiger partial charge >= 0.3 is 6.09 Å². The Hall–Kier alpha value is -2.89. The lowest BCUT2D eigenvalue weighted by molar-refractivity contribution is 0.0498. The molecular weight excluding hydrogens is 340 g/mol. The molecule has 1 aromatic heterocycles. The second-order valence-electron chi connectivity index (χ2n) is 7.69. The van der Waals surface area contributed by atoms with Gasteiger partial charge in [0.1, 0.15) is 5.60 Å². The summed E-state index contributed by atoms with van der Waals surface area (Å²) in [5.41, 5.74) is 1.50. The zero-order valence-electron chi connectivity index (χ0n) is 16.0. The average Bonchev–Trinajstić information content (AvgIpc) is 3.25. The van der Waals surface area contributed by atoms with E-state index in [9.17, 15) is 4.79 Å². The molecule has 6 heteroatoms. The van der Waals surface area contributed by atoms with E-state index < -0.39 is 11.7 Å². The van der Waals surface area contributed by atoms with E-state index in [1.807, 2.05) is 69.5 Å². The predicted molar refractivity (Wildman–Crippen MR) is 104 cm³/mol. The van der Waals surface area contributed by atoms with Crippen LogP contribution in [0.25, 0.3) is 0 Å². The number of amides is 1. The van der Waals surface area contributed by atoms with Crippen molar-refractivity contribution in [1.29, 1.82) is 0 Å². The van der Waals surface area contributed by atoms with Crippen molar-refractivity contribution in [3.05, 3.63) is 72.1 Å². The van der Waals surface area contributed by atoms with Gasteiger partial charge in [0, 0.05) is 12.1 Å². The minimum atomic E-state index is -0.539. The SMILES string of the molecule is CC(C)(C)OC(=O)N[C@@H](Cc1ccccc1)Cn1cc(C2C=CC=C2)nn1. The highest BCUT2D eigenvalue weighted by molar-refractivity contribution is 5.68. The van der Waals surface area contributed by atoms with Crippen LogP contribution >= 0.6 is 0 Å². The fourth-order valence-electron chi connectivity index (χ4n) is 2.94. The summed E-state index contributed by atoms with van der Waals surface area (Å²) in [5.74, 6) is 0.171. The molecular formula is C21H26N4O2. The Morgan fingerprint density at radius 3 is 2.59 bits per heavy atom. The Morgan fingerprint density at radius 2 is 1.93 bits per heavy atom. The van der Waals surface area contributed by atoms with Crippen molar-refractivity contribution in [1.82, 2.24) is 20.3 Å². The first-order valence-electron chi connectivity index (χ1n) is 9.17. The van der Waals surface area contributed by atoms with Gasteiger partial charge in [0.05, 0.1) is 18.3 Å². The summed E-state index contributed by atoms with van der Waals surface area (Å²) in [6, 6.07) is 9.89. The van der Waals surface area contributed by atoms with E-state index in [4.69, 9.17) is 4.74 Å². The molecule has 0 saturated carbocycles. The standard InChI is InChI=1S/C21H26N4O2/c1-21(2,3)27-20(26)22-18(13-16-9-5-4-6-10-16)14-25-15-19(23-24-25)17-11-7-8-12-17/h4-12,15,17-18H,13-14H2,1-3H3,(H,22,26)/t18-/m0/s1. The van der Waals surface area contributed by atoms with Crippen molar-refractivity contribution in [2.45, 2.75) is 51.3 Å². The van der Waals surface area contributed by atoms with Crippen molar-refractivity contribution < 1.29 is 9.53 Å². The lowest BCUT2D eigenvalue weighted by atomic mass is 10.1. The summed E-state index contributed by atoms with van der Waals surface area (Å²) in [6.45, 7) is 6.07. The fraction of sp³-hybridized carbons (Fsp3) is 0.381. The molecule has 2 aromatic rings.